The van der Waals surface area contributed by atoms with Crippen molar-refractivity contribution in [2.45, 2.75) is 13.3 Å². The second-order valence-corrected chi connectivity index (χ2v) is 3.81. The van der Waals surface area contributed by atoms with Gasteiger partial charge in [0, 0.05) is 24.5 Å². The summed E-state index contributed by atoms with van der Waals surface area (Å²) in [7, 11) is 0. The van der Waals surface area contributed by atoms with Crippen LogP contribution in [-0.4, -0.2) is 25.7 Å². The lowest BCUT2D eigenvalue weighted by Crippen LogP contribution is -2.30. The maximum absolute atomic E-state index is 11.8. The van der Waals surface area contributed by atoms with Crippen molar-refractivity contribution in [2.75, 3.05) is 30.4 Å². The van der Waals surface area contributed by atoms with Crippen molar-refractivity contribution in [1.29, 1.82) is 0 Å². The minimum Gasteiger partial charge on any atom is -0.399 e. The van der Waals surface area contributed by atoms with Gasteiger partial charge >= 0.3 is 0 Å². The molecule has 0 saturated carbocycles. The number of ether oxygens (including phenoxy) is 1. The van der Waals surface area contributed by atoms with Gasteiger partial charge in [-0.3, -0.25) is 4.79 Å². The number of anilines is 2. The number of hydrogen-bond acceptors (Lipinski definition) is 3. The number of nitrogens with two attached hydrogens (primary N) is 1. The van der Waals surface area contributed by atoms with Crippen molar-refractivity contribution in [3.05, 3.63) is 23.8 Å². The Labute approximate surface area is 95.0 Å². The van der Waals surface area contributed by atoms with Crippen LogP contribution in [0.1, 0.15) is 12.5 Å². The van der Waals surface area contributed by atoms with Gasteiger partial charge in [-0.25, -0.2) is 0 Å². The van der Waals surface area contributed by atoms with E-state index in [2.05, 4.69) is 0 Å². The van der Waals surface area contributed by atoms with E-state index in [-0.39, 0.29) is 5.91 Å². The maximum Gasteiger partial charge on any atom is 0.231 e. The highest BCUT2D eigenvalue weighted by Crippen LogP contribution is 2.29. The molecule has 2 rings (SSSR count). The van der Waals surface area contributed by atoms with Crippen LogP contribution >= 0.6 is 0 Å². The lowest BCUT2D eigenvalue weighted by atomic mass is 10.1. The van der Waals surface area contributed by atoms with E-state index in [4.69, 9.17) is 10.5 Å². The molecule has 0 aromatic heterocycles. The molecule has 0 radical (unpaired) electrons. The smallest absolute Gasteiger partial charge is 0.231 e. The molecule has 1 aromatic rings. The predicted molar refractivity (Wildman–Crippen MR) is 63.4 cm³/mol. The Morgan fingerprint density at radius 3 is 3.06 bits per heavy atom. The van der Waals surface area contributed by atoms with Gasteiger partial charge in [0.15, 0.2) is 0 Å². The molecule has 1 aliphatic heterocycles. The number of benzene rings is 1. The number of carbonyl (C=O) groups excluding carboxylic acids is 1. The SMILES string of the molecule is CCOCCN1C(=O)Cc2cc(N)ccc21. The molecule has 1 aliphatic rings. The molecule has 0 spiro atoms. The van der Waals surface area contributed by atoms with Crippen LogP contribution in [0, 0.1) is 0 Å². The zero-order valence-electron chi connectivity index (χ0n) is 9.40. The number of nitrogen functional groups attached to an aromatic ring is 1. The third-order valence-corrected chi connectivity index (χ3v) is 2.70. The van der Waals surface area contributed by atoms with Crippen molar-refractivity contribution in [2.24, 2.45) is 0 Å². The summed E-state index contributed by atoms with van der Waals surface area (Å²) in [6.07, 6.45) is 0.451. The summed E-state index contributed by atoms with van der Waals surface area (Å²) >= 11 is 0. The first kappa shape index (κ1) is 11.0. The molecular formula is C12H16N2O2. The molecule has 4 nitrogen and oxygen atoms in total. The van der Waals surface area contributed by atoms with Crippen LogP contribution in [0.25, 0.3) is 0 Å². The minimum atomic E-state index is 0.125. The number of amides is 1. The van der Waals surface area contributed by atoms with Crippen molar-refractivity contribution >= 4 is 17.3 Å². The summed E-state index contributed by atoms with van der Waals surface area (Å²) in [6.45, 7) is 3.81. The first-order valence-corrected chi connectivity index (χ1v) is 5.49. The van der Waals surface area contributed by atoms with Gasteiger partial charge in [-0.15, -0.1) is 0 Å². The van der Waals surface area contributed by atoms with E-state index in [1.165, 1.54) is 0 Å². The Morgan fingerprint density at radius 1 is 1.50 bits per heavy atom. The van der Waals surface area contributed by atoms with Crippen molar-refractivity contribution in [1.82, 2.24) is 0 Å². The van der Waals surface area contributed by atoms with E-state index in [1.54, 1.807) is 4.90 Å². The Bertz CT molecular complexity index is 404. The molecule has 1 amide bonds. The van der Waals surface area contributed by atoms with E-state index in [0.29, 0.717) is 31.9 Å². The minimum absolute atomic E-state index is 0.125. The average molecular weight is 220 g/mol. The van der Waals surface area contributed by atoms with Crippen LogP contribution in [-0.2, 0) is 16.0 Å². The summed E-state index contributed by atoms with van der Waals surface area (Å²) < 4.78 is 5.26. The number of fused-ring (bicyclic) bond motifs is 1. The van der Waals surface area contributed by atoms with Crippen molar-refractivity contribution < 1.29 is 9.53 Å². The highest BCUT2D eigenvalue weighted by Gasteiger charge is 2.26. The summed E-state index contributed by atoms with van der Waals surface area (Å²) in [5.41, 5.74) is 8.38. The molecular weight excluding hydrogens is 204 g/mol. The fraction of sp³-hybridized carbons (Fsp3) is 0.417. The summed E-state index contributed by atoms with van der Waals surface area (Å²) in [5.74, 6) is 0.125. The Morgan fingerprint density at radius 2 is 2.31 bits per heavy atom. The number of rotatable bonds is 4. The van der Waals surface area contributed by atoms with E-state index >= 15 is 0 Å². The first-order chi connectivity index (χ1) is 7.72. The Balaban J connectivity index is 2.13. The fourth-order valence-corrected chi connectivity index (χ4v) is 1.95. The lowest BCUT2D eigenvalue weighted by Gasteiger charge is -2.17. The number of nitrogens with zero attached hydrogens (tertiary/aromatic N) is 1. The van der Waals surface area contributed by atoms with Gasteiger partial charge < -0.3 is 15.4 Å². The largest absolute Gasteiger partial charge is 0.399 e. The van der Waals surface area contributed by atoms with E-state index in [9.17, 15) is 4.79 Å². The molecule has 0 saturated heterocycles. The van der Waals surface area contributed by atoms with Gasteiger partial charge in [-0.1, -0.05) is 0 Å². The van der Waals surface area contributed by atoms with Gasteiger partial charge in [0.05, 0.1) is 13.0 Å². The highest BCUT2D eigenvalue weighted by molar-refractivity contribution is 6.01. The molecule has 16 heavy (non-hydrogen) atoms. The van der Waals surface area contributed by atoms with Crippen LogP contribution in [0.3, 0.4) is 0 Å². The molecule has 0 fully saturated rings. The van der Waals surface area contributed by atoms with E-state index in [1.807, 2.05) is 25.1 Å². The van der Waals surface area contributed by atoms with E-state index < -0.39 is 0 Å². The molecule has 0 aliphatic carbocycles. The Kier molecular flexibility index (Phi) is 3.10. The normalized spacial score (nSPS) is 14.3. The average Bonchev–Trinajstić information content (AvgIpc) is 2.55. The van der Waals surface area contributed by atoms with Gasteiger partial charge in [0.25, 0.3) is 0 Å². The molecule has 0 atom stereocenters. The van der Waals surface area contributed by atoms with Crippen LogP contribution in [0.4, 0.5) is 11.4 Å². The second kappa shape index (κ2) is 4.53. The second-order valence-electron chi connectivity index (χ2n) is 3.81. The zero-order valence-corrected chi connectivity index (χ0v) is 9.40. The molecule has 2 N–H and O–H groups in total. The predicted octanol–water partition coefficient (Wildman–Crippen LogP) is 1.19. The molecule has 86 valence electrons. The van der Waals surface area contributed by atoms with Crippen LogP contribution in [0.5, 0.6) is 0 Å². The van der Waals surface area contributed by atoms with Gasteiger partial charge in [0.1, 0.15) is 0 Å². The molecule has 4 heteroatoms. The summed E-state index contributed by atoms with van der Waals surface area (Å²) in [6, 6.07) is 5.60. The zero-order chi connectivity index (χ0) is 11.5. The molecule has 1 heterocycles. The number of carbonyl (C=O) groups is 1. The highest BCUT2D eigenvalue weighted by atomic mass is 16.5. The van der Waals surface area contributed by atoms with Gasteiger partial charge in [-0.2, -0.15) is 0 Å². The number of hydrogen-bond donors (Lipinski definition) is 1. The van der Waals surface area contributed by atoms with Gasteiger partial charge in [0.2, 0.25) is 5.91 Å². The monoisotopic (exact) mass is 220 g/mol. The van der Waals surface area contributed by atoms with Crippen LogP contribution in [0.2, 0.25) is 0 Å². The van der Waals surface area contributed by atoms with Gasteiger partial charge in [-0.05, 0) is 30.7 Å². The first-order valence-electron chi connectivity index (χ1n) is 5.49. The lowest BCUT2D eigenvalue weighted by molar-refractivity contribution is -0.117. The maximum atomic E-state index is 11.8. The fourth-order valence-electron chi connectivity index (χ4n) is 1.95. The Hall–Kier alpha value is -1.55. The topological polar surface area (TPSA) is 55.6 Å². The third-order valence-electron chi connectivity index (χ3n) is 2.70. The molecule has 0 unspecified atom stereocenters. The van der Waals surface area contributed by atoms with Crippen molar-refractivity contribution in [3.8, 4) is 0 Å². The molecule has 0 bridgehead atoms. The molecule has 1 aromatic carbocycles. The van der Waals surface area contributed by atoms with Crippen molar-refractivity contribution in [3.63, 3.8) is 0 Å². The van der Waals surface area contributed by atoms with E-state index in [0.717, 1.165) is 11.3 Å². The summed E-state index contributed by atoms with van der Waals surface area (Å²) in [5, 5.41) is 0. The van der Waals surface area contributed by atoms with Crippen LogP contribution < -0.4 is 10.6 Å². The standard InChI is InChI=1S/C12H16N2O2/c1-2-16-6-5-14-11-4-3-10(13)7-9(11)8-12(14)15/h3-4,7H,2,5-6,8,13H2,1H3. The summed E-state index contributed by atoms with van der Waals surface area (Å²) in [4.78, 5) is 13.5. The van der Waals surface area contributed by atoms with Crippen LogP contribution in [0.15, 0.2) is 18.2 Å². The third kappa shape index (κ3) is 2.02. The quantitative estimate of drug-likeness (QED) is 0.612.